The third kappa shape index (κ3) is 6.64. The number of unbranched alkanes of at least 4 members (excludes halogenated alkanes) is 1. The maximum absolute atomic E-state index is 12.5. The van der Waals surface area contributed by atoms with Crippen LogP contribution in [-0.4, -0.2) is 46.2 Å². The Hall–Kier alpha value is -2.13. The molecule has 0 spiro atoms. The Morgan fingerprint density at radius 1 is 1.00 bits per heavy atom. The van der Waals surface area contributed by atoms with Crippen molar-refractivity contribution >= 4 is 22.0 Å². The number of hydrogen-bond donors (Lipinski definition) is 1. The van der Waals surface area contributed by atoms with Gasteiger partial charge < -0.3 is 14.2 Å². The molecular formula is C17H25NO7S. The van der Waals surface area contributed by atoms with E-state index < -0.39 is 28.0 Å². The van der Waals surface area contributed by atoms with Crippen LogP contribution in [0.4, 0.5) is 0 Å². The van der Waals surface area contributed by atoms with Crippen molar-refractivity contribution in [1.82, 2.24) is 4.72 Å². The Bertz CT molecular complexity index is 668. The molecule has 0 aromatic heterocycles. The van der Waals surface area contributed by atoms with Gasteiger partial charge in [-0.05, 0) is 44.5 Å². The molecule has 1 N–H and O–H groups in total. The van der Waals surface area contributed by atoms with Gasteiger partial charge in [0.05, 0.1) is 24.7 Å². The molecule has 8 nitrogen and oxygen atoms in total. The van der Waals surface area contributed by atoms with Gasteiger partial charge in [-0.25, -0.2) is 18.0 Å². The highest BCUT2D eigenvalue weighted by Gasteiger charge is 2.34. The average Bonchev–Trinajstić information content (AvgIpc) is 2.61. The lowest BCUT2D eigenvalue weighted by Crippen LogP contribution is -2.48. The topological polar surface area (TPSA) is 108 Å². The highest BCUT2D eigenvalue weighted by molar-refractivity contribution is 7.89. The third-order valence-corrected chi connectivity index (χ3v) is 4.66. The molecule has 0 radical (unpaired) electrons. The molecule has 146 valence electrons. The maximum atomic E-state index is 12.5. The second-order valence-electron chi connectivity index (χ2n) is 5.23. The van der Waals surface area contributed by atoms with Crippen LogP contribution >= 0.6 is 0 Å². The molecule has 0 heterocycles. The van der Waals surface area contributed by atoms with E-state index in [2.05, 4.69) is 0 Å². The van der Waals surface area contributed by atoms with Crippen molar-refractivity contribution in [1.29, 1.82) is 0 Å². The van der Waals surface area contributed by atoms with E-state index in [4.69, 9.17) is 14.2 Å². The zero-order valence-electron chi connectivity index (χ0n) is 15.2. The molecule has 0 saturated heterocycles. The molecule has 0 fully saturated rings. The van der Waals surface area contributed by atoms with Crippen LogP contribution in [0.15, 0.2) is 29.2 Å². The van der Waals surface area contributed by atoms with Gasteiger partial charge in [0.15, 0.2) is 0 Å². The van der Waals surface area contributed by atoms with E-state index in [1.165, 1.54) is 24.3 Å². The molecule has 0 aliphatic rings. The van der Waals surface area contributed by atoms with Crippen molar-refractivity contribution in [2.45, 2.75) is 44.6 Å². The van der Waals surface area contributed by atoms with Crippen LogP contribution in [0.1, 0.15) is 33.6 Å². The number of sulfonamides is 1. The summed E-state index contributed by atoms with van der Waals surface area (Å²) in [6.45, 7) is 5.67. The molecule has 0 bridgehead atoms. The fourth-order valence-electron chi connectivity index (χ4n) is 1.92. The van der Waals surface area contributed by atoms with E-state index in [1.807, 2.05) is 11.6 Å². The molecule has 0 aliphatic carbocycles. The molecule has 0 aliphatic heterocycles. The number of hydrogen-bond acceptors (Lipinski definition) is 7. The minimum Gasteiger partial charge on any atom is -0.494 e. The molecule has 1 aromatic carbocycles. The molecule has 0 unspecified atom stereocenters. The van der Waals surface area contributed by atoms with Crippen LogP contribution < -0.4 is 9.46 Å². The zero-order chi connectivity index (χ0) is 19.6. The summed E-state index contributed by atoms with van der Waals surface area (Å²) in [5.41, 5.74) is 0. The Morgan fingerprint density at radius 2 is 1.54 bits per heavy atom. The summed E-state index contributed by atoms with van der Waals surface area (Å²) in [6.07, 6.45) is 1.88. The van der Waals surface area contributed by atoms with Gasteiger partial charge in [0.2, 0.25) is 16.1 Å². The van der Waals surface area contributed by atoms with Gasteiger partial charge in [0.1, 0.15) is 5.75 Å². The number of carbonyl (C=O) groups is 2. The Morgan fingerprint density at radius 3 is 2.00 bits per heavy atom. The summed E-state index contributed by atoms with van der Waals surface area (Å²) >= 11 is 0. The van der Waals surface area contributed by atoms with Gasteiger partial charge in [-0.3, -0.25) is 0 Å². The van der Waals surface area contributed by atoms with E-state index in [0.717, 1.165) is 12.8 Å². The SMILES string of the molecule is CCCCOc1ccc(S(=O)(=O)NC(C(=O)OCC)C(=O)OCC)cc1. The van der Waals surface area contributed by atoms with Crippen LogP contribution in [-0.2, 0) is 29.1 Å². The molecule has 1 rings (SSSR count). The standard InChI is InChI=1S/C17H25NO7S/c1-4-7-12-25-13-8-10-14(11-9-13)26(21,22)18-15(16(19)23-5-2)17(20)24-6-3/h8-11,15,18H,4-7,12H2,1-3H3. The number of benzene rings is 1. The summed E-state index contributed by atoms with van der Waals surface area (Å²) in [7, 11) is -4.14. The van der Waals surface area contributed by atoms with Gasteiger partial charge in [-0.15, -0.1) is 0 Å². The number of rotatable bonds is 11. The molecule has 0 atom stereocenters. The molecular weight excluding hydrogens is 362 g/mol. The predicted molar refractivity (Wildman–Crippen MR) is 94.2 cm³/mol. The van der Waals surface area contributed by atoms with Gasteiger partial charge in [-0.2, -0.15) is 4.72 Å². The van der Waals surface area contributed by atoms with E-state index in [-0.39, 0.29) is 18.1 Å². The van der Waals surface area contributed by atoms with Crippen LogP contribution in [0.3, 0.4) is 0 Å². The lowest BCUT2D eigenvalue weighted by atomic mass is 10.3. The Kier molecular flexibility index (Phi) is 9.08. The van der Waals surface area contributed by atoms with Gasteiger partial charge in [0.25, 0.3) is 0 Å². The summed E-state index contributed by atoms with van der Waals surface area (Å²) in [5, 5.41) is 0. The summed E-state index contributed by atoms with van der Waals surface area (Å²) in [5.74, 6) is -1.51. The zero-order valence-corrected chi connectivity index (χ0v) is 16.0. The second-order valence-corrected chi connectivity index (χ2v) is 6.95. The predicted octanol–water partition coefficient (Wildman–Crippen LogP) is 1.64. The second kappa shape index (κ2) is 10.8. The van der Waals surface area contributed by atoms with Gasteiger partial charge in [0, 0.05) is 0 Å². The van der Waals surface area contributed by atoms with E-state index in [1.54, 1.807) is 13.8 Å². The minimum absolute atomic E-state index is 0.000260. The first-order valence-corrected chi connectivity index (χ1v) is 9.92. The van der Waals surface area contributed by atoms with Crippen LogP contribution in [0.5, 0.6) is 5.75 Å². The number of ether oxygens (including phenoxy) is 3. The summed E-state index contributed by atoms with van der Waals surface area (Å²) in [4.78, 5) is 23.7. The fraction of sp³-hybridized carbons (Fsp3) is 0.529. The highest BCUT2D eigenvalue weighted by atomic mass is 32.2. The van der Waals surface area contributed by atoms with Crippen molar-refractivity contribution in [3.8, 4) is 5.75 Å². The first kappa shape index (κ1) is 21.9. The number of esters is 2. The third-order valence-electron chi connectivity index (χ3n) is 3.22. The largest absolute Gasteiger partial charge is 0.494 e. The van der Waals surface area contributed by atoms with Gasteiger partial charge in [-0.1, -0.05) is 13.3 Å². The number of nitrogens with one attached hydrogen (secondary N) is 1. The maximum Gasteiger partial charge on any atom is 0.335 e. The van der Waals surface area contributed by atoms with E-state index >= 15 is 0 Å². The smallest absolute Gasteiger partial charge is 0.335 e. The molecule has 26 heavy (non-hydrogen) atoms. The van der Waals surface area contributed by atoms with Crippen molar-refractivity contribution in [3.05, 3.63) is 24.3 Å². The normalized spacial score (nSPS) is 11.2. The van der Waals surface area contributed by atoms with Crippen molar-refractivity contribution in [2.75, 3.05) is 19.8 Å². The summed E-state index contributed by atoms with van der Waals surface area (Å²) in [6, 6.07) is 3.91. The van der Waals surface area contributed by atoms with Crippen LogP contribution in [0.2, 0.25) is 0 Å². The highest BCUT2D eigenvalue weighted by Crippen LogP contribution is 2.17. The lowest BCUT2D eigenvalue weighted by molar-refractivity contribution is -0.157. The van der Waals surface area contributed by atoms with Gasteiger partial charge >= 0.3 is 11.9 Å². The van der Waals surface area contributed by atoms with E-state index in [0.29, 0.717) is 12.4 Å². The summed E-state index contributed by atoms with van der Waals surface area (Å²) < 4.78 is 41.9. The van der Waals surface area contributed by atoms with Crippen LogP contribution in [0, 0.1) is 0 Å². The molecule has 1 aromatic rings. The van der Waals surface area contributed by atoms with Crippen molar-refractivity contribution in [3.63, 3.8) is 0 Å². The van der Waals surface area contributed by atoms with Crippen molar-refractivity contribution < 1.29 is 32.2 Å². The molecule has 0 saturated carbocycles. The van der Waals surface area contributed by atoms with E-state index in [9.17, 15) is 18.0 Å². The monoisotopic (exact) mass is 387 g/mol. The Balaban J connectivity index is 2.92. The van der Waals surface area contributed by atoms with Crippen LogP contribution in [0.25, 0.3) is 0 Å². The quantitative estimate of drug-likeness (QED) is 0.349. The minimum atomic E-state index is -4.14. The first-order valence-electron chi connectivity index (χ1n) is 8.44. The molecule has 0 amide bonds. The molecule has 9 heteroatoms. The fourth-order valence-corrected chi connectivity index (χ4v) is 3.05. The Labute approximate surface area is 153 Å². The lowest BCUT2D eigenvalue weighted by Gasteiger charge is -2.16. The average molecular weight is 387 g/mol. The first-order chi connectivity index (χ1) is 12.4. The van der Waals surface area contributed by atoms with Crippen molar-refractivity contribution in [2.24, 2.45) is 0 Å². The number of carbonyl (C=O) groups excluding carboxylic acids is 2.